The second-order valence-corrected chi connectivity index (χ2v) is 5.68. The van der Waals surface area contributed by atoms with Gasteiger partial charge in [-0.05, 0) is 12.1 Å². The van der Waals surface area contributed by atoms with Gasteiger partial charge in [-0.1, -0.05) is 34.8 Å². The number of hydrogen-bond donors (Lipinski definition) is 0. The molecule has 1 aromatic carbocycles. The maximum Gasteiger partial charge on any atom is 0.175 e. The number of benzene rings is 1. The zero-order valence-corrected chi connectivity index (χ0v) is 9.60. The van der Waals surface area contributed by atoms with Crippen LogP contribution < -0.4 is 0 Å². The van der Waals surface area contributed by atoms with Crippen molar-refractivity contribution in [1.29, 1.82) is 0 Å². The van der Waals surface area contributed by atoms with E-state index >= 15 is 0 Å². The molecule has 0 saturated carbocycles. The number of halogens is 3. The highest BCUT2D eigenvalue weighted by atomic mass is 35.5. The molecule has 0 amide bonds. The van der Waals surface area contributed by atoms with E-state index in [0.29, 0.717) is 0 Å². The van der Waals surface area contributed by atoms with Crippen molar-refractivity contribution in [2.24, 2.45) is 0 Å². The lowest BCUT2D eigenvalue weighted by molar-refractivity contribution is 0.602. The molecule has 72 valence electrons. The SMILES string of the molecule is CS(=O)(=O)c1cc(Cl)c(Cl)c(Cl)c1. The lowest BCUT2D eigenvalue weighted by atomic mass is 10.4. The molecule has 0 spiro atoms. The minimum absolute atomic E-state index is 0.0619. The van der Waals surface area contributed by atoms with Gasteiger partial charge in [-0.25, -0.2) is 8.42 Å². The van der Waals surface area contributed by atoms with Gasteiger partial charge in [0.2, 0.25) is 0 Å². The van der Waals surface area contributed by atoms with Gasteiger partial charge < -0.3 is 0 Å². The van der Waals surface area contributed by atoms with E-state index in [-0.39, 0.29) is 20.0 Å². The zero-order chi connectivity index (χ0) is 10.2. The van der Waals surface area contributed by atoms with Crippen LogP contribution in [0.3, 0.4) is 0 Å². The van der Waals surface area contributed by atoms with E-state index in [4.69, 9.17) is 34.8 Å². The van der Waals surface area contributed by atoms with E-state index < -0.39 is 9.84 Å². The highest BCUT2D eigenvalue weighted by Gasteiger charge is 2.12. The minimum atomic E-state index is -3.29. The minimum Gasteiger partial charge on any atom is -0.224 e. The molecule has 13 heavy (non-hydrogen) atoms. The van der Waals surface area contributed by atoms with E-state index in [1.54, 1.807) is 0 Å². The summed E-state index contributed by atoms with van der Waals surface area (Å²) in [5.74, 6) is 0. The Morgan fingerprint density at radius 2 is 1.46 bits per heavy atom. The van der Waals surface area contributed by atoms with Crippen molar-refractivity contribution in [2.45, 2.75) is 4.90 Å². The molecule has 0 aliphatic carbocycles. The van der Waals surface area contributed by atoms with Crippen LogP contribution in [0.15, 0.2) is 17.0 Å². The maximum absolute atomic E-state index is 11.1. The van der Waals surface area contributed by atoms with E-state index in [9.17, 15) is 8.42 Å². The van der Waals surface area contributed by atoms with Gasteiger partial charge in [-0.3, -0.25) is 0 Å². The molecule has 0 saturated heterocycles. The Morgan fingerprint density at radius 3 is 1.77 bits per heavy atom. The fraction of sp³-hybridized carbons (Fsp3) is 0.143. The van der Waals surface area contributed by atoms with Crippen molar-refractivity contribution in [3.8, 4) is 0 Å². The van der Waals surface area contributed by atoms with Gasteiger partial charge in [0.05, 0.1) is 20.0 Å². The largest absolute Gasteiger partial charge is 0.224 e. The van der Waals surface area contributed by atoms with Gasteiger partial charge in [0, 0.05) is 6.26 Å². The summed E-state index contributed by atoms with van der Waals surface area (Å²) in [7, 11) is -3.29. The van der Waals surface area contributed by atoms with Gasteiger partial charge in [0.1, 0.15) is 0 Å². The van der Waals surface area contributed by atoms with Crippen LogP contribution in [-0.4, -0.2) is 14.7 Å². The molecule has 0 N–H and O–H groups in total. The van der Waals surface area contributed by atoms with E-state index in [0.717, 1.165) is 6.26 Å². The summed E-state index contributed by atoms with van der Waals surface area (Å²) in [5.41, 5.74) is 0. The first-order valence-corrected chi connectivity index (χ1v) is 6.19. The Bertz CT molecular complexity index is 416. The smallest absolute Gasteiger partial charge is 0.175 e. The second kappa shape index (κ2) is 3.65. The van der Waals surface area contributed by atoms with Crippen LogP contribution in [0.1, 0.15) is 0 Å². The van der Waals surface area contributed by atoms with Crippen molar-refractivity contribution >= 4 is 44.6 Å². The molecule has 1 aromatic rings. The predicted octanol–water partition coefficient (Wildman–Crippen LogP) is 3.05. The average molecular weight is 260 g/mol. The van der Waals surface area contributed by atoms with Crippen molar-refractivity contribution < 1.29 is 8.42 Å². The maximum atomic E-state index is 11.1. The molecule has 0 aliphatic heterocycles. The van der Waals surface area contributed by atoms with Crippen molar-refractivity contribution in [3.63, 3.8) is 0 Å². The summed E-state index contributed by atoms with van der Waals surface area (Å²) in [6.45, 7) is 0. The fourth-order valence-corrected chi connectivity index (χ4v) is 2.14. The van der Waals surface area contributed by atoms with E-state index in [2.05, 4.69) is 0 Å². The summed E-state index contributed by atoms with van der Waals surface area (Å²) < 4.78 is 22.2. The summed E-state index contributed by atoms with van der Waals surface area (Å²) in [5, 5.41) is 0.430. The molecule has 0 unspecified atom stereocenters. The van der Waals surface area contributed by atoms with Crippen molar-refractivity contribution in [1.82, 2.24) is 0 Å². The quantitative estimate of drug-likeness (QED) is 0.727. The molecule has 0 aromatic heterocycles. The first-order chi connectivity index (χ1) is 5.82. The molecule has 0 radical (unpaired) electrons. The van der Waals surface area contributed by atoms with Crippen LogP contribution in [0.4, 0.5) is 0 Å². The van der Waals surface area contributed by atoms with E-state index in [1.807, 2.05) is 0 Å². The van der Waals surface area contributed by atoms with Crippen molar-refractivity contribution in [2.75, 3.05) is 6.26 Å². The van der Waals surface area contributed by atoms with Crippen LogP contribution in [0.25, 0.3) is 0 Å². The first-order valence-electron chi connectivity index (χ1n) is 3.17. The molecular weight excluding hydrogens is 255 g/mol. The number of hydrogen-bond acceptors (Lipinski definition) is 2. The van der Waals surface area contributed by atoms with Crippen molar-refractivity contribution in [3.05, 3.63) is 27.2 Å². The Morgan fingerprint density at radius 1 is 1.08 bits per heavy atom. The first kappa shape index (κ1) is 11.1. The van der Waals surface area contributed by atoms with Crippen LogP contribution in [0.5, 0.6) is 0 Å². The summed E-state index contributed by atoms with van der Waals surface area (Å²) in [4.78, 5) is 0.0619. The fourth-order valence-electron chi connectivity index (χ4n) is 0.746. The van der Waals surface area contributed by atoms with Crippen LogP contribution in [0.2, 0.25) is 15.1 Å². The second-order valence-electron chi connectivity index (χ2n) is 2.47. The van der Waals surface area contributed by atoms with Crippen LogP contribution >= 0.6 is 34.8 Å². The lowest BCUT2D eigenvalue weighted by Crippen LogP contribution is -1.96. The normalized spacial score (nSPS) is 11.7. The Hall–Kier alpha value is 0.0400. The monoisotopic (exact) mass is 258 g/mol. The molecule has 0 atom stereocenters. The third-order valence-electron chi connectivity index (χ3n) is 1.39. The Kier molecular flexibility index (Phi) is 3.12. The van der Waals surface area contributed by atoms with Gasteiger partial charge in [-0.2, -0.15) is 0 Å². The standard InChI is InChI=1S/C7H5Cl3O2S/c1-13(11,12)4-2-5(8)7(10)6(9)3-4/h2-3H,1H3. The molecule has 0 fully saturated rings. The van der Waals surface area contributed by atoms with Crippen LogP contribution in [0, 0.1) is 0 Å². The van der Waals surface area contributed by atoms with Crippen LogP contribution in [-0.2, 0) is 9.84 Å². The number of sulfone groups is 1. The lowest BCUT2D eigenvalue weighted by Gasteiger charge is -2.02. The molecule has 0 bridgehead atoms. The highest BCUT2D eigenvalue weighted by Crippen LogP contribution is 2.32. The van der Waals surface area contributed by atoms with Gasteiger partial charge in [0.15, 0.2) is 9.84 Å². The molecule has 2 nitrogen and oxygen atoms in total. The summed E-state index contributed by atoms with van der Waals surface area (Å²) >= 11 is 16.9. The third-order valence-corrected chi connectivity index (χ3v) is 3.67. The Balaban J connectivity index is 3.47. The molecule has 0 heterocycles. The molecule has 1 rings (SSSR count). The van der Waals surface area contributed by atoms with Gasteiger partial charge >= 0.3 is 0 Å². The molecule has 6 heteroatoms. The molecular formula is C7H5Cl3O2S. The summed E-state index contributed by atoms with van der Waals surface area (Å²) in [6.07, 6.45) is 1.07. The average Bonchev–Trinajstić information content (AvgIpc) is 1.97. The Labute approximate surface area is 91.3 Å². The predicted molar refractivity (Wildman–Crippen MR) is 54.6 cm³/mol. The number of rotatable bonds is 1. The molecule has 0 aliphatic rings. The summed E-state index contributed by atoms with van der Waals surface area (Å²) in [6, 6.07) is 2.54. The van der Waals surface area contributed by atoms with Gasteiger partial charge in [0.25, 0.3) is 0 Å². The highest BCUT2D eigenvalue weighted by molar-refractivity contribution is 7.90. The zero-order valence-electron chi connectivity index (χ0n) is 6.51. The van der Waals surface area contributed by atoms with E-state index in [1.165, 1.54) is 12.1 Å². The van der Waals surface area contributed by atoms with Gasteiger partial charge in [-0.15, -0.1) is 0 Å². The topological polar surface area (TPSA) is 34.1 Å². The third kappa shape index (κ3) is 2.50.